The number of likely N-dealkylation sites (tertiary alicyclic amines) is 1. The normalized spacial score (nSPS) is 27.1. The van der Waals surface area contributed by atoms with Crippen molar-refractivity contribution in [2.24, 2.45) is 11.3 Å². The maximum absolute atomic E-state index is 12.6. The van der Waals surface area contributed by atoms with Crippen LogP contribution in [-0.2, 0) is 4.79 Å². The molecule has 0 aromatic rings. The van der Waals surface area contributed by atoms with Gasteiger partial charge in [-0.2, -0.15) is 25.8 Å². The van der Waals surface area contributed by atoms with E-state index >= 15 is 0 Å². The molecule has 0 N–H and O–H groups in total. The number of carbonyl (C=O) groups excluding carboxylic acids is 1. The van der Waals surface area contributed by atoms with Crippen molar-refractivity contribution in [3.05, 3.63) is 0 Å². The minimum absolute atomic E-state index is 0.0224. The number of piperidine rings is 1. The Hall–Kier alpha value is -0.390. The van der Waals surface area contributed by atoms with Crippen molar-refractivity contribution < 1.29 is 18.0 Å². The Morgan fingerprint density at radius 2 is 2.06 bits per heavy atom. The zero-order valence-electron chi connectivity index (χ0n) is 10.2. The average Bonchev–Trinajstić information content (AvgIpc) is 3.08. The summed E-state index contributed by atoms with van der Waals surface area (Å²) in [5.74, 6) is -0.827. The highest BCUT2D eigenvalue weighted by Crippen LogP contribution is 2.50. The highest BCUT2D eigenvalue weighted by atomic mass is 32.1. The van der Waals surface area contributed by atoms with E-state index in [1.807, 2.05) is 0 Å². The number of hydrogen-bond donors (Lipinski definition) is 1. The van der Waals surface area contributed by atoms with Gasteiger partial charge in [0.2, 0.25) is 5.91 Å². The molecule has 0 bridgehead atoms. The first kappa shape index (κ1) is 14.0. The maximum atomic E-state index is 12.6. The summed E-state index contributed by atoms with van der Waals surface area (Å²) in [7, 11) is 0. The Morgan fingerprint density at radius 1 is 1.39 bits per heavy atom. The van der Waals surface area contributed by atoms with Gasteiger partial charge in [0, 0.05) is 19.5 Å². The molecule has 1 saturated heterocycles. The third-order valence-electron chi connectivity index (χ3n) is 4.06. The summed E-state index contributed by atoms with van der Waals surface area (Å²) in [6, 6.07) is 0. The number of thiol groups is 1. The fourth-order valence-corrected chi connectivity index (χ4v) is 2.90. The second kappa shape index (κ2) is 4.94. The Bertz CT molecular complexity index is 328. The van der Waals surface area contributed by atoms with E-state index in [4.69, 9.17) is 0 Å². The van der Waals surface area contributed by atoms with E-state index in [0.29, 0.717) is 25.1 Å². The molecule has 0 aromatic carbocycles. The molecule has 2 rings (SSSR count). The molecule has 1 atom stereocenters. The molecule has 2 nitrogen and oxygen atoms in total. The van der Waals surface area contributed by atoms with Crippen molar-refractivity contribution in [2.75, 3.05) is 18.8 Å². The van der Waals surface area contributed by atoms with Gasteiger partial charge in [-0.25, -0.2) is 0 Å². The number of halogens is 3. The van der Waals surface area contributed by atoms with E-state index in [1.54, 1.807) is 0 Å². The lowest BCUT2D eigenvalue weighted by Crippen LogP contribution is -2.45. The summed E-state index contributed by atoms with van der Waals surface area (Å²) in [4.78, 5) is 13.4. The van der Waals surface area contributed by atoms with Crippen molar-refractivity contribution in [1.29, 1.82) is 0 Å². The van der Waals surface area contributed by atoms with Gasteiger partial charge in [-0.1, -0.05) is 0 Å². The van der Waals surface area contributed by atoms with Crippen LogP contribution in [0.25, 0.3) is 0 Å². The third kappa shape index (κ3) is 3.13. The van der Waals surface area contributed by atoms with Crippen LogP contribution in [0.3, 0.4) is 0 Å². The van der Waals surface area contributed by atoms with Crippen LogP contribution in [0.1, 0.15) is 32.1 Å². The first-order valence-electron chi connectivity index (χ1n) is 6.32. The molecule has 0 aromatic heterocycles. The zero-order valence-corrected chi connectivity index (χ0v) is 11.1. The molecule has 0 radical (unpaired) electrons. The lowest BCUT2D eigenvalue weighted by atomic mass is 9.96. The van der Waals surface area contributed by atoms with Gasteiger partial charge in [-0.05, 0) is 36.9 Å². The van der Waals surface area contributed by atoms with E-state index in [9.17, 15) is 18.0 Å². The fourth-order valence-electron chi connectivity index (χ4n) is 2.47. The fraction of sp³-hybridized carbons (Fsp3) is 0.917. The van der Waals surface area contributed by atoms with E-state index in [-0.39, 0.29) is 24.3 Å². The van der Waals surface area contributed by atoms with Crippen LogP contribution in [0, 0.1) is 11.3 Å². The molecule has 2 aliphatic rings. The molecule has 1 aliphatic heterocycles. The molecule has 1 aliphatic carbocycles. The van der Waals surface area contributed by atoms with Crippen LogP contribution in [0.2, 0.25) is 0 Å². The molecule has 2 fully saturated rings. The number of alkyl halides is 3. The summed E-state index contributed by atoms with van der Waals surface area (Å²) in [5, 5.41) is 0. The van der Waals surface area contributed by atoms with E-state index in [0.717, 1.165) is 12.8 Å². The number of rotatable bonds is 3. The molecule has 6 heteroatoms. The van der Waals surface area contributed by atoms with Crippen molar-refractivity contribution in [3.63, 3.8) is 0 Å². The smallest absolute Gasteiger partial charge is 0.342 e. The zero-order chi connectivity index (χ0) is 13.4. The Labute approximate surface area is 110 Å². The standard InChI is InChI=1S/C12H18F3NOS/c13-12(14,15)9-2-1-5-16(7-9)10(17)6-11(8-18)3-4-11/h9,18H,1-8H2. The van der Waals surface area contributed by atoms with Gasteiger partial charge in [-0.3, -0.25) is 4.79 Å². The SMILES string of the molecule is O=C(CC1(CS)CC1)N1CCCC(C(F)(F)F)C1. The van der Waals surface area contributed by atoms with E-state index in [1.165, 1.54) is 4.90 Å². The highest BCUT2D eigenvalue weighted by molar-refractivity contribution is 7.80. The van der Waals surface area contributed by atoms with Gasteiger partial charge in [0.15, 0.2) is 0 Å². The van der Waals surface area contributed by atoms with Gasteiger partial charge in [0.25, 0.3) is 0 Å². The van der Waals surface area contributed by atoms with Crippen molar-refractivity contribution in [2.45, 2.75) is 38.3 Å². The minimum Gasteiger partial charge on any atom is -0.342 e. The lowest BCUT2D eigenvalue weighted by Gasteiger charge is -2.34. The second-order valence-electron chi connectivity index (χ2n) is 5.56. The molecule has 0 spiro atoms. The number of amides is 1. The first-order valence-corrected chi connectivity index (χ1v) is 6.95. The number of hydrogen-bond acceptors (Lipinski definition) is 2. The summed E-state index contributed by atoms with van der Waals surface area (Å²) < 4.78 is 37.9. The number of nitrogens with zero attached hydrogens (tertiary/aromatic N) is 1. The average molecular weight is 281 g/mol. The summed E-state index contributed by atoms with van der Waals surface area (Å²) in [5.41, 5.74) is -0.0224. The van der Waals surface area contributed by atoms with Gasteiger partial charge < -0.3 is 4.90 Å². The van der Waals surface area contributed by atoms with E-state index in [2.05, 4.69) is 12.6 Å². The molecule has 104 valence electrons. The Balaban J connectivity index is 1.90. The van der Waals surface area contributed by atoms with Crippen molar-refractivity contribution in [1.82, 2.24) is 4.90 Å². The van der Waals surface area contributed by atoms with Gasteiger partial charge in [0.05, 0.1) is 5.92 Å². The molecule has 1 heterocycles. The topological polar surface area (TPSA) is 20.3 Å². The predicted molar refractivity (Wildman–Crippen MR) is 65.5 cm³/mol. The van der Waals surface area contributed by atoms with Crippen LogP contribution >= 0.6 is 12.6 Å². The Kier molecular flexibility index (Phi) is 3.85. The monoisotopic (exact) mass is 281 g/mol. The summed E-state index contributed by atoms with van der Waals surface area (Å²) in [6.45, 7) is 0.305. The third-order valence-corrected chi connectivity index (χ3v) is 4.73. The van der Waals surface area contributed by atoms with Crippen LogP contribution in [0.4, 0.5) is 13.2 Å². The minimum atomic E-state index is -4.18. The van der Waals surface area contributed by atoms with Crippen LogP contribution in [-0.4, -0.2) is 35.8 Å². The summed E-state index contributed by atoms with van der Waals surface area (Å²) in [6.07, 6.45) is -1.28. The van der Waals surface area contributed by atoms with Crippen molar-refractivity contribution >= 4 is 18.5 Å². The van der Waals surface area contributed by atoms with Crippen LogP contribution in [0.5, 0.6) is 0 Å². The first-order chi connectivity index (χ1) is 8.36. The predicted octanol–water partition coefficient (Wildman–Crippen LogP) is 2.89. The molecule has 1 amide bonds. The molecular formula is C12H18F3NOS. The Morgan fingerprint density at radius 3 is 2.56 bits per heavy atom. The van der Waals surface area contributed by atoms with Gasteiger partial charge in [0.1, 0.15) is 0 Å². The molecule has 1 unspecified atom stereocenters. The largest absolute Gasteiger partial charge is 0.393 e. The molecular weight excluding hydrogens is 263 g/mol. The maximum Gasteiger partial charge on any atom is 0.393 e. The summed E-state index contributed by atoms with van der Waals surface area (Å²) >= 11 is 4.22. The quantitative estimate of drug-likeness (QED) is 0.789. The van der Waals surface area contributed by atoms with Gasteiger partial charge in [-0.15, -0.1) is 0 Å². The highest BCUT2D eigenvalue weighted by Gasteiger charge is 2.46. The second-order valence-corrected chi connectivity index (χ2v) is 5.87. The van der Waals surface area contributed by atoms with Crippen molar-refractivity contribution in [3.8, 4) is 0 Å². The molecule has 1 saturated carbocycles. The number of carbonyl (C=O) groups is 1. The van der Waals surface area contributed by atoms with E-state index < -0.39 is 12.1 Å². The van der Waals surface area contributed by atoms with Crippen LogP contribution in [0.15, 0.2) is 0 Å². The van der Waals surface area contributed by atoms with Gasteiger partial charge >= 0.3 is 6.18 Å². The lowest BCUT2D eigenvalue weighted by molar-refractivity contribution is -0.188. The van der Waals surface area contributed by atoms with Crippen LogP contribution < -0.4 is 0 Å². The molecule has 18 heavy (non-hydrogen) atoms.